The summed E-state index contributed by atoms with van der Waals surface area (Å²) in [7, 11) is 0. The molecule has 0 fully saturated rings. The standard InChI is InChI=1S/C16H14FN3O3/c1-3-23-16(22)13-14-19-9(2)12(15(21)20(14)8-18-13)10-4-6-11(17)7-5-10/h4-8,19H,3H2,1-2H3. The summed E-state index contributed by atoms with van der Waals surface area (Å²) >= 11 is 0. The third-order valence-electron chi connectivity index (χ3n) is 3.48. The summed E-state index contributed by atoms with van der Waals surface area (Å²) in [5.74, 6) is -0.976. The zero-order chi connectivity index (χ0) is 16.6. The molecule has 0 unspecified atom stereocenters. The van der Waals surface area contributed by atoms with Crippen LogP contribution in [-0.4, -0.2) is 26.9 Å². The van der Waals surface area contributed by atoms with Crippen molar-refractivity contribution in [2.75, 3.05) is 6.61 Å². The fourth-order valence-electron chi connectivity index (χ4n) is 2.45. The molecule has 1 N–H and O–H groups in total. The lowest BCUT2D eigenvalue weighted by Gasteiger charge is -2.07. The van der Waals surface area contributed by atoms with Crippen molar-refractivity contribution in [3.05, 3.63) is 58.2 Å². The number of aryl methyl sites for hydroxylation is 1. The Morgan fingerprint density at radius 2 is 2.04 bits per heavy atom. The van der Waals surface area contributed by atoms with E-state index in [2.05, 4.69) is 9.97 Å². The highest BCUT2D eigenvalue weighted by molar-refractivity contribution is 5.94. The molecule has 118 valence electrons. The van der Waals surface area contributed by atoms with Crippen LogP contribution in [0.2, 0.25) is 0 Å². The van der Waals surface area contributed by atoms with E-state index in [1.54, 1.807) is 13.8 Å². The van der Waals surface area contributed by atoms with Gasteiger partial charge in [-0.25, -0.2) is 18.6 Å². The Bertz CT molecular complexity index is 942. The van der Waals surface area contributed by atoms with Gasteiger partial charge in [0.05, 0.1) is 12.2 Å². The van der Waals surface area contributed by atoms with Crippen LogP contribution in [0, 0.1) is 12.7 Å². The Balaban J connectivity index is 2.22. The van der Waals surface area contributed by atoms with Crippen LogP contribution in [-0.2, 0) is 4.74 Å². The molecule has 0 aliphatic heterocycles. The number of hydrogen-bond donors (Lipinski definition) is 1. The van der Waals surface area contributed by atoms with E-state index in [4.69, 9.17) is 4.74 Å². The number of imidazole rings is 1. The van der Waals surface area contributed by atoms with Crippen LogP contribution < -0.4 is 5.56 Å². The van der Waals surface area contributed by atoms with Crippen LogP contribution in [0.1, 0.15) is 23.1 Å². The molecule has 2 aromatic heterocycles. The van der Waals surface area contributed by atoms with Crippen molar-refractivity contribution in [2.24, 2.45) is 0 Å². The molecular weight excluding hydrogens is 301 g/mol. The summed E-state index contributed by atoms with van der Waals surface area (Å²) in [5.41, 5.74) is 1.52. The van der Waals surface area contributed by atoms with Crippen LogP contribution in [0.4, 0.5) is 4.39 Å². The zero-order valence-electron chi connectivity index (χ0n) is 12.6. The van der Waals surface area contributed by atoms with Crippen molar-refractivity contribution in [3.63, 3.8) is 0 Å². The van der Waals surface area contributed by atoms with Crippen molar-refractivity contribution in [3.8, 4) is 11.1 Å². The van der Waals surface area contributed by atoms with E-state index in [1.165, 1.54) is 35.0 Å². The van der Waals surface area contributed by atoms with E-state index >= 15 is 0 Å². The van der Waals surface area contributed by atoms with Gasteiger partial charge in [0.1, 0.15) is 12.1 Å². The van der Waals surface area contributed by atoms with E-state index in [0.29, 0.717) is 16.8 Å². The number of aromatic amines is 1. The van der Waals surface area contributed by atoms with Gasteiger partial charge in [-0.2, -0.15) is 0 Å². The summed E-state index contributed by atoms with van der Waals surface area (Å²) < 4.78 is 19.2. The first kappa shape index (κ1) is 15.0. The summed E-state index contributed by atoms with van der Waals surface area (Å²) in [4.78, 5) is 31.5. The number of aromatic nitrogens is 3. The molecule has 23 heavy (non-hydrogen) atoms. The molecule has 0 amide bonds. The minimum Gasteiger partial charge on any atom is -0.461 e. The van der Waals surface area contributed by atoms with E-state index in [9.17, 15) is 14.0 Å². The van der Waals surface area contributed by atoms with Gasteiger partial charge in [0.15, 0.2) is 11.3 Å². The predicted octanol–water partition coefficient (Wildman–Crippen LogP) is 2.31. The van der Waals surface area contributed by atoms with Crippen LogP contribution in [0.3, 0.4) is 0 Å². The summed E-state index contributed by atoms with van der Waals surface area (Å²) in [5, 5.41) is 0. The third-order valence-corrected chi connectivity index (χ3v) is 3.48. The SMILES string of the molecule is CCOC(=O)c1ncn2c(=O)c(-c3ccc(F)cc3)c(C)[nH]c12. The highest BCUT2D eigenvalue weighted by atomic mass is 19.1. The largest absolute Gasteiger partial charge is 0.461 e. The average molecular weight is 315 g/mol. The molecule has 0 aliphatic rings. The number of hydrogen-bond acceptors (Lipinski definition) is 4. The van der Waals surface area contributed by atoms with E-state index < -0.39 is 5.97 Å². The monoisotopic (exact) mass is 315 g/mol. The lowest BCUT2D eigenvalue weighted by atomic mass is 10.1. The van der Waals surface area contributed by atoms with Crippen molar-refractivity contribution in [1.29, 1.82) is 0 Å². The average Bonchev–Trinajstić information content (AvgIpc) is 2.93. The Morgan fingerprint density at radius 1 is 1.35 bits per heavy atom. The second-order valence-corrected chi connectivity index (χ2v) is 4.97. The number of carbonyl (C=O) groups excluding carboxylic acids is 1. The van der Waals surface area contributed by atoms with Crippen molar-refractivity contribution in [1.82, 2.24) is 14.4 Å². The molecule has 7 heteroatoms. The highest BCUT2D eigenvalue weighted by Gasteiger charge is 2.19. The maximum absolute atomic E-state index is 13.1. The molecule has 3 aromatic rings. The van der Waals surface area contributed by atoms with Gasteiger partial charge in [-0.05, 0) is 31.5 Å². The number of esters is 1. The van der Waals surface area contributed by atoms with Gasteiger partial charge in [0.2, 0.25) is 0 Å². The lowest BCUT2D eigenvalue weighted by molar-refractivity contribution is 0.0522. The molecule has 1 aromatic carbocycles. The Hall–Kier alpha value is -2.96. The smallest absolute Gasteiger partial charge is 0.360 e. The van der Waals surface area contributed by atoms with E-state index in [1.807, 2.05) is 0 Å². The first-order valence-corrected chi connectivity index (χ1v) is 7.06. The number of H-pyrrole nitrogens is 1. The molecule has 0 atom stereocenters. The molecule has 0 bridgehead atoms. The van der Waals surface area contributed by atoms with Crippen LogP contribution >= 0.6 is 0 Å². The Kier molecular flexibility index (Phi) is 3.69. The first-order chi connectivity index (χ1) is 11.0. The topological polar surface area (TPSA) is 76.5 Å². The summed E-state index contributed by atoms with van der Waals surface area (Å²) in [6.45, 7) is 3.62. The van der Waals surface area contributed by atoms with Gasteiger partial charge in [0.25, 0.3) is 5.56 Å². The molecule has 0 radical (unpaired) electrons. The molecule has 2 heterocycles. The minimum atomic E-state index is -0.598. The molecular formula is C16H14FN3O3. The molecule has 0 saturated heterocycles. The Morgan fingerprint density at radius 3 is 2.70 bits per heavy atom. The highest BCUT2D eigenvalue weighted by Crippen LogP contribution is 2.20. The number of benzene rings is 1. The minimum absolute atomic E-state index is 0.0534. The second-order valence-electron chi connectivity index (χ2n) is 4.97. The fraction of sp³-hybridized carbons (Fsp3) is 0.188. The van der Waals surface area contributed by atoms with Crippen molar-refractivity contribution < 1.29 is 13.9 Å². The lowest BCUT2D eigenvalue weighted by Crippen LogP contribution is -2.18. The molecule has 0 spiro atoms. The van der Waals surface area contributed by atoms with Crippen molar-refractivity contribution in [2.45, 2.75) is 13.8 Å². The number of carbonyl (C=O) groups is 1. The van der Waals surface area contributed by atoms with Gasteiger partial charge in [0, 0.05) is 5.69 Å². The molecule has 6 nitrogen and oxygen atoms in total. The van der Waals surface area contributed by atoms with Crippen LogP contribution in [0.5, 0.6) is 0 Å². The number of fused-ring (bicyclic) bond motifs is 1. The zero-order valence-corrected chi connectivity index (χ0v) is 12.6. The number of rotatable bonds is 3. The molecule has 0 saturated carbocycles. The van der Waals surface area contributed by atoms with Gasteiger partial charge in [-0.1, -0.05) is 12.1 Å². The van der Waals surface area contributed by atoms with E-state index in [0.717, 1.165) is 0 Å². The van der Waals surface area contributed by atoms with Crippen LogP contribution in [0.15, 0.2) is 35.4 Å². The van der Waals surface area contributed by atoms with Gasteiger partial charge in [-0.15, -0.1) is 0 Å². The summed E-state index contributed by atoms with van der Waals surface area (Å²) in [6.07, 6.45) is 1.27. The normalized spacial score (nSPS) is 10.9. The summed E-state index contributed by atoms with van der Waals surface area (Å²) in [6, 6.07) is 5.64. The van der Waals surface area contributed by atoms with Gasteiger partial charge < -0.3 is 9.72 Å². The predicted molar refractivity (Wildman–Crippen MR) is 81.9 cm³/mol. The quantitative estimate of drug-likeness (QED) is 0.753. The second kappa shape index (κ2) is 5.68. The maximum Gasteiger partial charge on any atom is 0.360 e. The maximum atomic E-state index is 13.1. The first-order valence-electron chi connectivity index (χ1n) is 7.06. The van der Waals surface area contributed by atoms with Gasteiger partial charge in [-0.3, -0.25) is 4.79 Å². The number of halogens is 1. The number of ether oxygens (including phenoxy) is 1. The van der Waals surface area contributed by atoms with Gasteiger partial charge >= 0.3 is 5.97 Å². The van der Waals surface area contributed by atoms with E-state index in [-0.39, 0.29) is 29.3 Å². The Labute approximate surface area is 130 Å². The molecule has 0 aliphatic carbocycles. The fourth-order valence-corrected chi connectivity index (χ4v) is 2.45. The van der Waals surface area contributed by atoms with Crippen molar-refractivity contribution >= 4 is 11.6 Å². The third kappa shape index (κ3) is 2.50. The van der Waals surface area contributed by atoms with Crippen LogP contribution in [0.25, 0.3) is 16.8 Å². The molecule has 3 rings (SSSR count). The number of nitrogens with one attached hydrogen (secondary N) is 1. The number of nitrogens with zero attached hydrogens (tertiary/aromatic N) is 2.